The van der Waals surface area contributed by atoms with E-state index in [4.69, 9.17) is 11.6 Å². The summed E-state index contributed by atoms with van der Waals surface area (Å²) >= 11 is 6.12. The van der Waals surface area contributed by atoms with Crippen molar-refractivity contribution >= 4 is 45.5 Å². The van der Waals surface area contributed by atoms with Crippen molar-refractivity contribution in [2.24, 2.45) is 0 Å². The number of benzene rings is 2. The second-order valence-corrected chi connectivity index (χ2v) is 8.95. The molecule has 0 bridgehead atoms. The highest BCUT2D eigenvalue weighted by Gasteiger charge is 2.20. The Hall–Kier alpha value is -4.09. The summed E-state index contributed by atoms with van der Waals surface area (Å²) in [6.45, 7) is 4.11. The van der Waals surface area contributed by atoms with Crippen LogP contribution in [0.3, 0.4) is 0 Å². The van der Waals surface area contributed by atoms with Gasteiger partial charge in [-0.3, -0.25) is 24.8 Å². The number of aromatic nitrogens is 4. The smallest absolute Gasteiger partial charge is 0.269 e. The van der Waals surface area contributed by atoms with Crippen molar-refractivity contribution in [2.45, 2.75) is 13.1 Å². The van der Waals surface area contributed by atoms with Gasteiger partial charge in [-0.25, -0.2) is 4.68 Å². The van der Waals surface area contributed by atoms with Gasteiger partial charge in [0.1, 0.15) is 6.54 Å². The molecule has 2 aromatic carbocycles. The lowest BCUT2D eigenvalue weighted by atomic mass is 10.1. The van der Waals surface area contributed by atoms with Gasteiger partial charge in [0.05, 0.1) is 22.3 Å². The van der Waals surface area contributed by atoms with E-state index in [0.29, 0.717) is 17.3 Å². The molecule has 2 aromatic heterocycles. The summed E-state index contributed by atoms with van der Waals surface area (Å²) in [7, 11) is 0. The lowest BCUT2D eigenvalue weighted by molar-refractivity contribution is -0.384. The monoisotopic (exact) mass is 506 g/mol. The van der Waals surface area contributed by atoms with Crippen LogP contribution < -0.4 is 10.2 Å². The molecule has 12 heteroatoms. The summed E-state index contributed by atoms with van der Waals surface area (Å²) in [6.07, 6.45) is 3.58. The molecule has 0 unspecified atom stereocenters. The summed E-state index contributed by atoms with van der Waals surface area (Å²) in [5.74, 6) is -0.292. The minimum atomic E-state index is -0.486. The van der Waals surface area contributed by atoms with Crippen LogP contribution in [-0.4, -0.2) is 61.9 Å². The van der Waals surface area contributed by atoms with E-state index in [9.17, 15) is 14.9 Å². The van der Waals surface area contributed by atoms with Crippen molar-refractivity contribution in [1.29, 1.82) is 0 Å². The molecule has 1 aliphatic rings. The number of piperazine rings is 1. The normalized spacial score (nSPS) is 14.2. The third kappa shape index (κ3) is 5.42. The fraction of sp³-hybridized carbons (Fsp3) is 0.250. The summed E-state index contributed by atoms with van der Waals surface area (Å²) in [5.41, 5.74) is 3.27. The van der Waals surface area contributed by atoms with Gasteiger partial charge in [-0.15, -0.1) is 5.10 Å². The molecule has 184 valence electrons. The number of nitrogens with one attached hydrogen (secondary N) is 1. The molecule has 1 aliphatic heterocycles. The van der Waals surface area contributed by atoms with E-state index in [2.05, 4.69) is 30.4 Å². The molecule has 36 heavy (non-hydrogen) atoms. The molecule has 0 aliphatic carbocycles. The van der Waals surface area contributed by atoms with Crippen molar-refractivity contribution in [1.82, 2.24) is 24.9 Å². The predicted molar refractivity (Wildman–Crippen MR) is 136 cm³/mol. The van der Waals surface area contributed by atoms with Gasteiger partial charge in [-0.1, -0.05) is 16.8 Å². The maximum atomic E-state index is 12.3. The standard InChI is InChI=1S/C24H23ClN8O3/c25-17-1-6-21-22(13-17)26-8-7-23(21)31-11-9-30(10-12-31)14-19-15-32(29-28-19)16-24(34)27-18-2-4-20(5-3-18)33(35)36/h1-8,13,15H,9-12,14,16H2,(H,27,34). The van der Waals surface area contributed by atoms with Gasteiger partial charge in [0.15, 0.2) is 0 Å². The van der Waals surface area contributed by atoms with Gasteiger partial charge in [-0.2, -0.15) is 0 Å². The summed E-state index contributed by atoms with van der Waals surface area (Å²) in [6, 6.07) is 13.5. The van der Waals surface area contributed by atoms with E-state index < -0.39 is 4.92 Å². The fourth-order valence-corrected chi connectivity index (χ4v) is 4.43. The maximum absolute atomic E-state index is 12.3. The average Bonchev–Trinajstić information content (AvgIpc) is 3.30. The van der Waals surface area contributed by atoms with Gasteiger partial charge in [0, 0.05) is 72.8 Å². The number of pyridine rings is 1. The first-order valence-electron chi connectivity index (χ1n) is 11.4. The Morgan fingerprint density at radius 1 is 1.08 bits per heavy atom. The van der Waals surface area contributed by atoms with E-state index in [1.165, 1.54) is 28.9 Å². The molecule has 1 fully saturated rings. The molecule has 1 N–H and O–H groups in total. The van der Waals surface area contributed by atoms with Gasteiger partial charge in [0.25, 0.3) is 5.69 Å². The largest absolute Gasteiger partial charge is 0.368 e. The first-order chi connectivity index (χ1) is 17.4. The van der Waals surface area contributed by atoms with Crippen LogP contribution in [-0.2, 0) is 17.9 Å². The van der Waals surface area contributed by atoms with Crippen molar-refractivity contribution < 1.29 is 9.72 Å². The van der Waals surface area contributed by atoms with Crippen LogP contribution in [0, 0.1) is 10.1 Å². The molecule has 5 rings (SSSR count). The molecule has 3 heterocycles. The van der Waals surface area contributed by atoms with Crippen molar-refractivity contribution in [2.75, 3.05) is 36.4 Å². The highest BCUT2D eigenvalue weighted by Crippen LogP contribution is 2.28. The van der Waals surface area contributed by atoms with Gasteiger partial charge in [0.2, 0.25) is 5.91 Å². The fourth-order valence-electron chi connectivity index (χ4n) is 4.26. The van der Waals surface area contributed by atoms with Crippen LogP contribution in [0.2, 0.25) is 5.02 Å². The number of halogens is 1. The summed E-state index contributed by atoms with van der Waals surface area (Å²) in [4.78, 5) is 31.7. The molecular formula is C24H23ClN8O3. The number of anilines is 2. The topological polar surface area (TPSA) is 122 Å². The summed E-state index contributed by atoms with van der Waals surface area (Å²) in [5, 5.41) is 23.5. The number of nitro groups is 1. The van der Waals surface area contributed by atoms with Crippen LogP contribution in [0.25, 0.3) is 10.9 Å². The SMILES string of the molecule is O=C(Cn1cc(CN2CCN(c3ccnc4cc(Cl)ccc34)CC2)nn1)Nc1ccc([N+](=O)[O-])cc1. The first kappa shape index (κ1) is 23.6. The Morgan fingerprint density at radius 3 is 2.61 bits per heavy atom. The van der Waals surface area contributed by atoms with Crippen LogP contribution in [0.5, 0.6) is 0 Å². The van der Waals surface area contributed by atoms with E-state index in [-0.39, 0.29) is 18.1 Å². The zero-order valence-corrected chi connectivity index (χ0v) is 20.0. The number of hydrogen-bond acceptors (Lipinski definition) is 8. The van der Waals surface area contributed by atoms with Crippen LogP contribution >= 0.6 is 11.6 Å². The third-order valence-corrected chi connectivity index (χ3v) is 6.27. The van der Waals surface area contributed by atoms with E-state index in [1.807, 2.05) is 30.5 Å². The quantitative estimate of drug-likeness (QED) is 0.299. The van der Waals surface area contributed by atoms with E-state index in [1.54, 1.807) is 6.20 Å². The average molecular weight is 507 g/mol. The number of amides is 1. The minimum absolute atomic E-state index is 0.00308. The number of nitro benzene ring substituents is 1. The summed E-state index contributed by atoms with van der Waals surface area (Å²) < 4.78 is 1.49. The Bertz CT molecular complexity index is 1400. The Kier molecular flexibility index (Phi) is 6.74. The lowest BCUT2D eigenvalue weighted by Gasteiger charge is -2.36. The number of rotatable bonds is 7. The second kappa shape index (κ2) is 10.3. The number of hydrogen-bond donors (Lipinski definition) is 1. The lowest BCUT2D eigenvalue weighted by Crippen LogP contribution is -2.46. The first-order valence-corrected chi connectivity index (χ1v) is 11.8. The van der Waals surface area contributed by atoms with Gasteiger partial charge >= 0.3 is 0 Å². The van der Waals surface area contributed by atoms with Crippen molar-refractivity contribution in [3.05, 3.63) is 81.8 Å². The molecule has 1 amide bonds. The Balaban J connectivity index is 1.13. The third-order valence-electron chi connectivity index (χ3n) is 6.03. The number of nitrogens with zero attached hydrogens (tertiary/aromatic N) is 7. The molecule has 0 atom stereocenters. The molecule has 0 spiro atoms. The van der Waals surface area contributed by atoms with Gasteiger partial charge in [-0.05, 0) is 36.4 Å². The van der Waals surface area contributed by atoms with Crippen molar-refractivity contribution in [3.63, 3.8) is 0 Å². The minimum Gasteiger partial charge on any atom is -0.368 e. The molecule has 1 saturated heterocycles. The zero-order valence-electron chi connectivity index (χ0n) is 19.2. The number of carbonyl (C=O) groups excluding carboxylic acids is 1. The molecule has 0 saturated carbocycles. The van der Waals surface area contributed by atoms with Gasteiger partial charge < -0.3 is 10.2 Å². The second-order valence-electron chi connectivity index (χ2n) is 8.51. The van der Waals surface area contributed by atoms with Crippen molar-refractivity contribution in [3.8, 4) is 0 Å². The maximum Gasteiger partial charge on any atom is 0.269 e. The molecule has 11 nitrogen and oxygen atoms in total. The predicted octanol–water partition coefficient (Wildman–Crippen LogP) is 3.35. The number of non-ortho nitro benzene ring substituents is 1. The highest BCUT2D eigenvalue weighted by atomic mass is 35.5. The number of fused-ring (bicyclic) bond motifs is 1. The van der Waals surface area contributed by atoms with Crippen LogP contribution in [0.15, 0.2) is 60.9 Å². The van der Waals surface area contributed by atoms with E-state index >= 15 is 0 Å². The molecule has 4 aromatic rings. The molecule has 0 radical (unpaired) electrons. The Morgan fingerprint density at radius 2 is 1.86 bits per heavy atom. The van der Waals surface area contributed by atoms with Crippen LogP contribution in [0.4, 0.5) is 17.1 Å². The van der Waals surface area contributed by atoms with E-state index in [0.717, 1.165) is 48.5 Å². The zero-order chi connectivity index (χ0) is 25.1. The molecular weight excluding hydrogens is 484 g/mol. The number of carbonyl (C=O) groups is 1. The highest BCUT2D eigenvalue weighted by molar-refractivity contribution is 6.31. The Labute approximate surface area is 211 Å². The van der Waals surface area contributed by atoms with Crippen LogP contribution in [0.1, 0.15) is 5.69 Å².